The van der Waals surface area contributed by atoms with E-state index in [4.69, 9.17) is 17.0 Å². The fourth-order valence-corrected chi connectivity index (χ4v) is 3.81. The average molecular weight is 449 g/mol. The topological polar surface area (TPSA) is 36.3 Å². The van der Waals surface area contributed by atoms with E-state index in [-0.39, 0.29) is 5.75 Å². The highest BCUT2D eigenvalue weighted by Gasteiger charge is 2.44. The molecule has 2 aromatic carbocycles. The summed E-state index contributed by atoms with van der Waals surface area (Å²) in [7, 11) is 1.79. The van der Waals surface area contributed by atoms with E-state index in [1.54, 1.807) is 18.0 Å². The van der Waals surface area contributed by atoms with Crippen molar-refractivity contribution in [2.24, 2.45) is 0 Å². The zero-order valence-corrected chi connectivity index (χ0v) is 17.7. The molecule has 0 saturated carbocycles. The lowest BCUT2D eigenvalue weighted by molar-refractivity contribution is -0.253. The summed E-state index contributed by atoms with van der Waals surface area (Å²) in [5.74, 6) is 0.427. The molecule has 0 bridgehead atoms. The molecule has 0 aliphatic rings. The van der Waals surface area contributed by atoms with Crippen LogP contribution < -0.4 is 4.74 Å². The second kappa shape index (κ2) is 9.71. The number of nitrogens with zero attached hydrogens (tertiary/aromatic N) is 1. The van der Waals surface area contributed by atoms with Crippen LogP contribution in [0.2, 0.25) is 0 Å². The molecule has 0 amide bonds. The van der Waals surface area contributed by atoms with Gasteiger partial charge in [0.15, 0.2) is 0 Å². The van der Waals surface area contributed by atoms with Gasteiger partial charge in [-0.3, -0.25) is 5.41 Å². The molecule has 0 unspecified atom stereocenters. The van der Waals surface area contributed by atoms with Gasteiger partial charge in [-0.05, 0) is 55.3 Å². The summed E-state index contributed by atoms with van der Waals surface area (Å²) in [6.07, 6.45) is -8.46. The Bertz CT molecular complexity index is 880. The van der Waals surface area contributed by atoms with Gasteiger partial charge in [-0.25, -0.2) is 0 Å². The van der Waals surface area contributed by atoms with Crippen LogP contribution in [0.3, 0.4) is 0 Å². The molecule has 2 rings (SSSR count). The van der Waals surface area contributed by atoms with Crippen LogP contribution in [0.25, 0.3) is 0 Å². The number of amidine groups is 1. The van der Waals surface area contributed by atoms with Crippen LogP contribution in [-0.4, -0.2) is 42.7 Å². The highest BCUT2D eigenvalue weighted by molar-refractivity contribution is 7.99. The van der Waals surface area contributed by atoms with E-state index >= 15 is 0 Å². The van der Waals surface area contributed by atoms with E-state index in [0.29, 0.717) is 23.2 Å². The van der Waals surface area contributed by atoms with Crippen LogP contribution in [0.15, 0.2) is 46.2 Å². The van der Waals surface area contributed by atoms with E-state index in [1.165, 1.54) is 30.0 Å². The lowest BCUT2D eigenvalue weighted by Crippen LogP contribution is -2.33. The molecule has 0 aliphatic heterocycles. The number of aryl methyl sites for hydroxylation is 2. The first kappa shape index (κ1) is 23.3. The van der Waals surface area contributed by atoms with Crippen molar-refractivity contribution in [3.8, 4) is 5.75 Å². The molecule has 0 saturated heterocycles. The number of halogens is 5. The summed E-state index contributed by atoms with van der Waals surface area (Å²) in [6.45, 7) is 4.31. The number of rotatable bonds is 8. The third-order valence-corrected chi connectivity index (χ3v) is 5.44. The highest BCUT2D eigenvalue weighted by atomic mass is 35.5. The van der Waals surface area contributed by atoms with Crippen molar-refractivity contribution in [1.82, 2.24) is 4.90 Å². The molecule has 9 heteroatoms. The Hall–Kier alpha value is -1.93. The minimum absolute atomic E-state index is 0.337. The van der Waals surface area contributed by atoms with E-state index in [9.17, 15) is 17.6 Å². The standard InChI is InChI=1S/C20H21ClF4N2OS/c1-12-10-17(13(2)9-16(12)18(26)27(3)8-7-21)29-15-6-4-5-14(11-15)28-20(24,25)19(22)23/h4-6,9-11,19,26H,7-8H2,1-3H3. The van der Waals surface area contributed by atoms with Gasteiger partial charge in [-0.15, -0.1) is 11.6 Å². The van der Waals surface area contributed by atoms with Crippen LogP contribution in [0.4, 0.5) is 17.6 Å². The van der Waals surface area contributed by atoms with Gasteiger partial charge in [0.05, 0.1) is 0 Å². The summed E-state index contributed by atoms with van der Waals surface area (Å²) < 4.78 is 55.1. The SMILES string of the molecule is Cc1cc(C(=N)N(C)CCCl)c(C)cc1Sc1cccc(OC(F)(F)C(F)F)c1. The second-order valence-electron chi connectivity index (χ2n) is 6.43. The zero-order chi connectivity index (χ0) is 21.8. The Balaban J connectivity index is 2.24. The molecule has 158 valence electrons. The first-order chi connectivity index (χ1) is 13.5. The summed E-state index contributed by atoms with van der Waals surface area (Å²) in [6, 6.07) is 9.43. The fourth-order valence-electron chi connectivity index (χ4n) is 2.53. The maximum Gasteiger partial charge on any atom is 0.461 e. The summed E-state index contributed by atoms with van der Waals surface area (Å²) in [5, 5.41) is 8.33. The van der Waals surface area contributed by atoms with Crippen LogP contribution in [0, 0.1) is 19.3 Å². The minimum Gasteiger partial charge on any atom is -0.428 e. The van der Waals surface area contributed by atoms with Crippen molar-refractivity contribution >= 4 is 29.2 Å². The summed E-state index contributed by atoms with van der Waals surface area (Å²) >= 11 is 7.04. The largest absolute Gasteiger partial charge is 0.461 e. The molecule has 29 heavy (non-hydrogen) atoms. The Morgan fingerprint density at radius 2 is 1.90 bits per heavy atom. The van der Waals surface area contributed by atoms with E-state index in [1.807, 2.05) is 26.0 Å². The molecular weight excluding hydrogens is 428 g/mol. The quantitative estimate of drug-likeness (QED) is 0.226. The number of benzene rings is 2. The number of ether oxygens (including phenoxy) is 1. The molecule has 0 aliphatic carbocycles. The Labute approximate surface area is 176 Å². The monoisotopic (exact) mass is 448 g/mol. The predicted molar refractivity (Wildman–Crippen MR) is 108 cm³/mol. The van der Waals surface area contributed by atoms with Crippen molar-refractivity contribution in [3.63, 3.8) is 0 Å². The van der Waals surface area contributed by atoms with Gasteiger partial charge in [-0.1, -0.05) is 17.8 Å². The summed E-state index contributed by atoms with van der Waals surface area (Å²) in [4.78, 5) is 3.18. The molecule has 1 N–H and O–H groups in total. The normalized spacial score (nSPS) is 11.6. The van der Waals surface area contributed by atoms with Crippen molar-refractivity contribution in [2.75, 3.05) is 19.5 Å². The average Bonchev–Trinajstić information content (AvgIpc) is 2.64. The van der Waals surface area contributed by atoms with Gasteiger partial charge in [-0.2, -0.15) is 17.6 Å². The first-order valence-corrected chi connectivity index (χ1v) is 10.0. The van der Waals surface area contributed by atoms with E-state index in [0.717, 1.165) is 21.6 Å². The van der Waals surface area contributed by atoms with Crippen molar-refractivity contribution in [2.45, 2.75) is 36.2 Å². The molecule has 2 aromatic rings. The van der Waals surface area contributed by atoms with Gasteiger partial charge in [0.25, 0.3) is 0 Å². The van der Waals surface area contributed by atoms with Crippen molar-refractivity contribution in [3.05, 3.63) is 53.1 Å². The smallest absolute Gasteiger partial charge is 0.428 e. The first-order valence-electron chi connectivity index (χ1n) is 8.65. The van der Waals surface area contributed by atoms with Gasteiger partial charge in [0.1, 0.15) is 11.6 Å². The van der Waals surface area contributed by atoms with Crippen LogP contribution in [-0.2, 0) is 0 Å². The van der Waals surface area contributed by atoms with Gasteiger partial charge in [0, 0.05) is 34.8 Å². The number of hydrogen-bond donors (Lipinski definition) is 1. The maximum atomic E-state index is 13.1. The molecule has 0 aromatic heterocycles. The van der Waals surface area contributed by atoms with Crippen LogP contribution >= 0.6 is 23.4 Å². The van der Waals surface area contributed by atoms with Crippen molar-refractivity contribution < 1.29 is 22.3 Å². The number of nitrogens with one attached hydrogen (secondary N) is 1. The third-order valence-electron chi connectivity index (χ3n) is 4.12. The van der Waals surface area contributed by atoms with Crippen molar-refractivity contribution in [1.29, 1.82) is 5.41 Å². The summed E-state index contributed by atoms with van der Waals surface area (Å²) in [5.41, 5.74) is 2.54. The predicted octanol–water partition coefficient (Wildman–Crippen LogP) is 6.19. The highest BCUT2D eigenvalue weighted by Crippen LogP contribution is 2.35. The lowest BCUT2D eigenvalue weighted by atomic mass is 10.0. The molecule has 0 atom stereocenters. The minimum atomic E-state index is -4.55. The molecule has 0 heterocycles. The van der Waals surface area contributed by atoms with Gasteiger partial charge in [0.2, 0.25) is 0 Å². The second-order valence-corrected chi connectivity index (χ2v) is 7.93. The zero-order valence-electron chi connectivity index (χ0n) is 16.1. The Morgan fingerprint density at radius 3 is 2.52 bits per heavy atom. The number of alkyl halides is 5. The number of hydrogen-bond acceptors (Lipinski definition) is 3. The Morgan fingerprint density at radius 1 is 1.21 bits per heavy atom. The fraction of sp³-hybridized carbons (Fsp3) is 0.350. The molecule has 0 spiro atoms. The molecular formula is C20H21ClF4N2OS. The molecule has 3 nitrogen and oxygen atoms in total. The molecule has 0 radical (unpaired) electrons. The Kier molecular flexibility index (Phi) is 7.82. The third kappa shape index (κ3) is 6.02. The van der Waals surface area contributed by atoms with E-state index in [2.05, 4.69) is 4.74 Å². The van der Waals surface area contributed by atoms with Gasteiger partial charge < -0.3 is 9.64 Å². The van der Waals surface area contributed by atoms with Gasteiger partial charge >= 0.3 is 12.5 Å². The lowest BCUT2D eigenvalue weighted by Gasteiger charge is -2.21. The van der Waals surface area contributed by atoms with Crippen LogP contribution in [0.5, 0.6) is 5.75 Å². The molecule has 0 fully saturated rings. The maximum absolute atomic E-state index is 13.1. The van der Waals surface area contributed by atoms with Crippen LogP contribution in [0.1, 0.15) is 16.7 Å². The van der Waals surface area contributed by atoms with E-state index < -0.39 is 12.5 Å².